The van der Waals surface area contributed by atoms with Crippen LogP contribution in [0.15, 0.2) is 30.6 Å². The summed E-state index contributed by atoms with van der Waals surface area (Å²) in [6, 6.07) is 5.50. The lowest BCUT2D eigenvalue weighted by molar-refractivity contribution is 0.368. The zero-order chi connectivity index (χ0) is 12.1. The number of methoxy groups -OCH3 is 2. The topological polar surface area (TPSA) is 57.1 Å². The number of hydrogen-bond donors (Lipinski definition) is 0. The van der Waals surface area contributed by atoms with Gasteiger partial charge in [-0.1, -0.05) is 6.07 Å². The van der Waals surface area contributed by atoms with Crippen molar-refractivity contribution < 1.29 is 9.47 Å². The van der Waals surface area contributed by atoms with Crippen LogP contribution in [0.2, 0.25) is 0 Å². The Hall–Kier alpha value is -2.17. The van der Waals surface area contributed by atoms with Crippen LogP contribution in [-0.2, 0) is 6.42 Å². The van der Waals surface area contributed by atoms with Crippen molar-refractivity contribution in [3.63, 3.8) is 0 Å². The van der Waals surface area contributed by atoms with Gasteiger partial charge in [0.05, 0.1) is 20.3 Å². The molecule has 2 rings (SSSR count). The fourth-order valence-corrected chi connectivity index (χ4v) is 1.42. The molecule has 0 aliphatic carbocycles. The Morgan fingerprint density at radius 2 is 1.82 bits per heavy atom. The van der Waals surface area contributed by atoms with Crippen molar-refractivity contribution >= 4 is 0 Å². The maximum Gasteiger partial charge on any atom is 0.220 e. The van der Waals surface area contributed by atoms with E-state index in [2.05, 4.69) is 15.0 Å². The highest BCUT2D eigenvalue weighted by atomic mass is 16.5. The summed E-state index contributed by atoms with van der Waals surface area (Å²) in [5.41, 5.74) is 1.04. The highest BCUT2D eigenvalue weighted by molar-refractivity contribution is 5.23. The van der Waals surface area contributed by atoms with Gasteiger partial charge < -0.3 is 9.47 Å². The maximum absolute atomic E-state index is 5.09. The van der Waals surface area contributed by atoms with Gasteiger partial charge in [0.25, 0.3) is 0 Å². The van der Waals surface area contributed by atoms with Gasteiger partial charge in [-0.15, -0.1) is 0 Å². The highest BCUT2D eigenvalue weighted by Crippen LogP contribution is 2.16. The summed E-state index contributed by atoms with van der Waals surface area (Å²) in [7, 11) is 3.13. The smallest absolute Gasteiger partial charge is 0.220 e. The molecule has 2 heterocycles. The molecule has 88 valence electrons. The van der Waals surface area contributed by atoms with E-state index in [9.17, 15) is 0 Å². The molecular formula is C12H13N3O2. The molecule has 5 heteroatoms. The van der Waals surface area contributed by atoms with Gasteiger partial charge in [-0.3, -0.25) is 4.98 Å². The first-order valence-electron chi connectivity index (χ1n) is 5.16. The Labute approximate surface area is 99.5 Å². The van der Waals surface area contributed by atoms with Crippen LogP contribution in [-0.4, -0.2) is 29.2 Å². The summed E-state index contributed by atoms with van der Waals surface area (Å²) in [5.74, 6) is 1.64. The SMILES string of the molecule is COc1cc(OC)nc(Cc2cccnc2)n1. The van der Waals surface area contributed by atoms with E-state index in [1.165, 1.54) is 0 Å². The lowest BCUT2D eigenvalue weighted by atomic mass is 10.2. The fourth-order valence-electron chi connectivity index (χ4n) is 1.42. The molecule has 5 nitrogen and oxygen atoms in total. The number of ether oxygens (including phenoxy) is 2. The zero-order valence-electron chi connectivity index (χ0n) is 9.75. The molecule has 0 aliphatic heterocycles. The predicted molar refractivity (Wildman–Crippen MR) is 62.2 cm³/mol. The van der Waals surface area contributed by atoms with Crippen molar-refractivity contribution in [2.24, 2.45) is 0 Å². The van der Waals surface area contributed by atoms with Crippen molar-refractivity contribution in [3.8, 4) is 11.8 Å². The van der Waals surface area contributed by atoms with Gasteiger partial charge in [0, 0.05) is 18.8 Å². The molecule has 17 heavy (non-hydrogen) atoms. The minimum Gasteiger partial charge on any atom is -0.481 e. The van der Waals surface area contributed by atoms with Crippen molar-refractivity contribution in [1.82, 2.24) is 15.0 Å². The van der Waals surface area contributed by atoms with E-state index >= 15 is 0 Å². The molecule has 2 aromatic rings. The Kier molecular flexibility index (Phi) is 3.49. The fraction of sp³-hybridized carbons (Fsp3) is 0.250. The Morgan fingerprint density at radius 3 is 2.35 bits per heavy atom. The van der Waals surface area contributed by atoms with E-state index in [4.69, 9.17) is 9.47 Å². The molecule has 0 aliphatic rings. The molecule has 0 radical (unpaired) electrons. The summed E-state index contributed by atoms with van der Waals surface area (Å²) in [6.45, 7) is 0. The van der Waals surface area contributed by atoms with Gasteiger partial charge >= 0.3 is 0 Å². The minimum atomic E-state index is 0.496. The summed E-state index contributed by atoms with van der Waals surface area (Å²) in [6.07, 6.45) is 4.12. The molecule has 0 unspecified atom stereocenters. The lowest BCUT2D eigenvalue weighted by Crippen LogP contribution is -2.01. The second-order valence-electron chi connectivity index (χ2n) is 3.41. The molecular weight excluding hydrogens is 218 g/mol. The zero-order valence-corrected chi connectivity index (χ0v) is 9.75. The molecule has 0 fully saturated rings. The third-order valence-electron chi connectivity index (χ3n) is 2.23. The summed E-state index contributed by atoms with van der Waals surface area (Å²) in [5, 5.41) is 0. The standard InChI is InChI=1S/C12H13N3O2/c1-16-11-7-12(17-2)15-10(14-11)6-9-4-3-5-13-8-9/h3-5,7-8H,6H2,1-2H3. The molecule has 0 saturated heterocycles. The first-order chi connectivity index (χ1) is 8.31. The Morgan fingerprint density at radius 1 is 1.12 bits per heavy atom. The van der Waals surface area contributed by atoms with Crippen LogP contribution in [0.3, 0.4) is 0 Å². The Balaban J connectivity index is 2.26. The molecule has 2 aromatic heterocycles. The Bertz CT molecular complexity index is 466. The monoisotopic (exact) mass is 231 g/mol. The highest BCUT2D eigenvalue weighted by Gasteiger charge is 2.06. The first-order valence-corrected chi connectivity index (χ1v) is 5.16. The van der Waals surface area contributed by atoms with Gasteiger partial charge in [0.1, 0.15) is 5.82 Å². The van der Waals surface area contributed by atoms with Crippen LogP contribution in [0.5, 0.6) is 11.8 Å². The molecule has 0 N–H and O–H groups in total. The largest absolute Gasteiger partial charge is 0.481 e. The van der Waals surface area contributed by atoms with Gasteiger partial charge in [0.2, 0.25) is 11.8 Å². The van der Waals surface area contributed by atoms with Crippen molar-refractivity contribution in [1.29, 1.82) is 0 Å². The van der Waals surface area contributed by atoms with E-state index < -0.39 is 0 Å². The number of rotatable bonds is 4. The first kappa shape index (κ1) is 11.3. The summed E-state index contributed by atoms with van der Waals surface area (Å²) >= 11 is 0. The van der Waals surface area contributed by atoms with Crippen LogP contribution in [0.1, 0.15) is 11.4 Å². The number of pyridine rings is 1. The maximum atomic E-state index is 5.09. The van der Waals surface area contributed by atoms with Crippen LogP contribution in [0, 0.1) is 0 Å². The minimum absolute atomic E-state index is 0.496. The van der Waals surface area contributed by atoms with Crippen molar-refractivity contribution in [2.75, 3.05) is 14.2 Å². The van der Waals surface area contributed by atoms with Gasteiger partial charge in [-0.05, 0) is 11.6 Å². The normalized spacial score (nSPS) is 10.0. The third-order valence-corrected chi connectivity index (χ3v) is 2.23. The van der Waals surface area contributed by atoms with E-state index in [0.29, 0.717) is 24.0 Å². The third kappa shape index (κ3) is 2.90. The molecule has 0 spiro atoms. The second-order valence-corrected chi connectivity index (χ2v) is 3.41. The number of aromatic nitrogens is 3. The van der Waals surface area contributed by atoms with E-state index in [1.54, 1.807) is 32.7 Å². The molecule has 0 atom stereocenters. The van der Waals surface area contributed by atoms with Crippen LogP contribution in [0.4, 0.5) is 0 Å². The predicted octanol–water partition coefficient (Wildman–Crippen LogP) is 1.48. The molecule has 0 bridgehead atoms. The summed E-state index contributed by atoms with van der Waals surface area (Å²) < 4.78 is 10.2. The lowest BCUT2D eigenvalue weighted by Gasteiger charge is -2.06. The van der Waals surface area contributed by atoms with Gasteiger partial charge in [-0.2, -0.15) is 9.97 Å². The molecule has 0 aromatic carbocycles. The second kappa shape index (κ2) is 5.25. The quantitative estimate of drug-likeness (QED) is 0.797. The van der Waals surface area contributed by atoms with E-state index in [0.717, 1.165) is 5.56 Å². The number of hydrogen-bond acceptors (Lipinski definition) is 5. The average Bonchev–Trinajstić information content (AvgIpc) is 2.39. The number of nitrogens with zero attached hydrogens (tertiary/aromatic N) is 3. The van der Waals surface area contributed by atoms with E-state index in [-0.39, 0.29) is 0 Å². The van der Waals surface area contributed by atoms with Crippen LogP contribution < -0.4 is 9.47 Å². The average molecular weight is 231 g/mol. The molecule has 0 saturated carbocycles. The van der Waals surface area contributed by atoms with E-state index in [1.807, 2.05) is 12.1 Å². The molecule has 0 amide bonds. The van der Waals surface area contributed by atoms with Crippen molar-refractivity contribution in [3.05, 3.63) is 42.0 Å². The van der Waals surface area contributed by atoms with Crippen LogP contribution >= 0.6 is 0 Å². The summed E-state index contributed by atoms with van der Waals surface area (Å²) in [4.78, 5) is 12.6. The van der Waals surface area contributed by atoms with Crippen molar-refractivity contribution in [2.45, 2.75) is 6.42 Å². The van der Waals surface area contributed by atoms with Gasteiger partial charge in [0.15, 0.2) is 0 Å². The van der Waals surface area contributed by atoms with Crippen LogP contribution in [0.25, 0.3) is 0 Å². The van der Waals surface area contributed by atoms with Gasteiger partial charge in [-0.25, -0.2) is 0 Å².